The minimum absolute atomic E-state index is 0.105. The van der Waals surface area contributed by atoms with Crippen molar-refractivity contribution in [2.45, 2.75) is 0 Å². The number of nitrogens with two attached hydrogens (primary N) is 2. The van der Waals surface area contributed by atoms with Crippen LogP contribution in [0.5, 0.6) is 0 Å². The molecule has 0 saturated heterocycles. The van der Waals surface area contributed by atoms with Gasteiger partial charge in [-0.05, 0) is 6.07 Å². The first-order valence-corrected chi connectivity index (χ1v) is 3.53. The Morgan fingerprint density at radius 1 is 1.64 bits per heavy atom. The number of anilines is 1. The van der Waals surface area contributed by atoms with Crippen molar-refractivity contribution in [3.8, 4) is 0 Å². The van der Waals surface area contributed by atoms with Gasteiger partial charge in [0.05, 0.1) is 4.92 Å². The molecular formula is C6H8N6O2. The summed E-state index contributed by atoms with van der Waals surface area (Å²) < 4.78 is 0. The average molecular weight is 196 g/mol. The fraction of sp³-hybridized carbons (Fsp3) is 0. The molecule has 0 amide bonds. The Morgan fingerprint density at radius 2 is 2.36 bits per heavy atom. The molecule has 8 nitrogen and oxygen atoms in total. The van der Waals surface area contributed by atoms with Crippen LogP contribution in [0.3, 0.4) is 0 Å². The SMILES string of the molecule is N/N=C\N(N)c1ccc([N+](=O)[O-])cn1. The lowest BCUT2D eigenvalue weighted by Gasteiger charge is -2.09. The van der Waals surface area contributed by atoms with Crippen LogP contribution < -0.4 is 16.7 Å². The second kappa shape index (κ2) is 4.14. The maximum Gasteiger partial charge on any atom is 0.287 e. The van der Waals surface area contributed by atoms with E-state index in [-0.39, 0.29) is 5.69 Å². The van der Waals surface area contributed by atoms with Crippen LogP contribution >= 0.6 is 0 Å². The van der Waals surface area contributed by atoms with Gasteiger partial charge in [0.2, 0.25) is 0 Å². The summed E-state index contributed by atoms with van der Waals surface area (Å²) in [5.74, 6) is 10.6. The van der Waals surface area contributed by atoms with Crippen molar-refractivity contribution < 1.29 is 4.92 Å². The zero-order valence-corrected chi connectivity index (χ0v) is 7.07. The number of pyridine rings is 1. The van der Waals surface area contributed by atoms with Crippen molar-refractivity contribution in [3.63, 3.8) is 0 Å². The first-order chi connectivity index (χ1) is 6.65. The molecule has 1 aromatic heterocycles. The number of hydrazine groups is 1. The lowest BCUT2D eigenvalue weighted by molar-refractivity contribution is -0.385. The van der Waals surface area contributed by atoms with Crippen LogP contribution in [0.4, 0.5) is 11.5 Å². The van der Waals surface area contributed by atoms with Gasteiger partial charge in [0, 0.05) is 6.07 Å². The summed E-state index contributed by atoms with van der Waals surface area (Å²) in [4.78, 5) is 13.5. The lowest BCUT2D eigenvalue weighted by Crippen LogP contribution is -2.30. The molecule has 0 aliphatic heterocycles. The third kappa shape index (κ3) is 2.14. The molecule has 0 aliphatic rings. The molecule has 14 heavy (non-hydrogen) atoms. The average Bonchev–Trinajstić information content (AvgIpc) is 2.18. The summed E-state index contributed by atoms with van der Waals surface area (Å²) in [5.41, 5.74) is -0.105. The maximum atomic E-state index is 10.3. The first kappa shape index (κ1) is 9.86. The molecule has 8 heteroatoms. The minimum atomic E-state index is -0.547. The third-order valence-corrected chi connectivity index (χ3v) is 1.40. The van der Waals surface area contributed by atoms with E-state index in [1.165, 1.54) is 12.1 Å². The van der Waals surface area contributed by atoms with Crippen molar-refractivity contribution in [2.75, 3.05) is 5.01 Å². The van der Waals surface area contributed by atoms with E-state index in [0.29, 0.717) is 5.82 Å². The molecule has 4 N–H and O–H groups in total. The van der Waals surface area contributed by atoms with Gasteiger partial charge in [-0.3, -0.25) is 10.1 Å². The fourth-order valence-electron chi connectivity index (χ4n) is 0.770. The molecule has 0 fully saturated rings. The van der Waals surface area contributed by atoms with Gasteiger partial charge in [-0.2, -0.15) is 5.10 Å². The molecule has 1 aromatic rings. The zero-order chi connectivity index (χ0) is 10.6. The summed E-state index contributed by atoms with van der Waals surface area (Å²) >= 11 is 0. The molecule has 1 rings (SSSR count). The summed E-state index contributed by atoms with van der Waals surface area (Å²) in [6.45, 7) is 0. The number of hydrazone groups is 1. The highest BCUT2D eigenvalue weighted by Gasteiger charge is 2.06. The second-order valence-electron chi connectivity index (χ2n) is 2.30. The van der Waals surface area contributed by atoms with Crippen LogP contribution in [0.15, 0.2) is 23.4 Å². The zero-order valence-electron chi connectivity index (χ0n) is 7.07. The van der Waals surface area contributed by atoms with Crippen molar-refractivity contribution in [3.05, 3.63) is 28.4 Å². The molecule has 0 spiro atoms. The van der Waals surface area contributed by atoms with E-state index >= 15 is 0 Å². The Kier molecular flexibility index (Phi) is 2.92. The van der Waals surface area contributed by atoms with Crippen molar-refractivity contribution in [2.24, 2.45) is 16.8 Å². The van der Waals surface area contributed by atoms with Crippen molar-refractivity contribution >= 4 is 17.8 Å². The smallest absolute Gasteiger partial charge is 0.287 e. The Labute approximate surface area is 78.9 Å². The number of hydrogen-bond donors (Lipinski definition) is 2. The van der Waals surface area contributed by atoms with Crippen LogP contribution in [-0.2, 0) is 0 Å². The highest BCUT2D eigenvalue weighted by molar-refractivity contribution is 5.75. The molecule has 0 saturated carbocycles. The topological polar surface area (TPSA) is 124 Å². The van der Waals surface area contributed by atoms with Crippen LogP contribution in [0, 0.1) is 10.1 Å². The van der Waals surface area contributed by atoms with E-state index in [0.717, 1.165) is 17.5 Å². The van der Waals surface area contributed by atoms with E-state index in [9.17, 15) is 10.1 Å². The summed E-state index contributed by atoms with van der Waals surface area (Å²) in [5, 5.41) is 14.5. The van der Waals surface area contributed by atoms with Gasteiger partial charge in [-0.1, -0.05) is 0 Å². The number of nitro groups is 1. The molecule has 0 aromatic carbocycles. The standard InChI is InChI=1S/C6H8N6O2/c7-10-4-11(8)6-2-1-5(3-9-6)12(13)14/h1-4H,7-8H2/b10-4-. The molecular weight excluding hydrogens is 188 g/mol. The molecule has 0 atom stereocenters. The van der Waals surface area contributed by atoms with Crippen molar-refractivity contribution in [1.82, 2.24) is 4.98 Å². The summed E-state index contributed by atoms with van der Waals surface area (Å²) in [6, 6.07) is 2.67. The first-order valence-electron chi connectivity index (χ1n) is 3.53. The molecule has 1 heterocycles. The van der Waals surface area contributed by atoms with Crippen LogP contribution in [0.25, 0.3) is 0 Å². The monoisotopic (exact) mass is 196 g/mol. The molecule has 74 valence electrons. The van der Waals surface area contributed by atoms with Gasteiger partial charge in [-0.25, -0.2) is 15.8 Å². The van der Waals surface area contributed by atoms with Crippen molar-refractivity contribution in [1.29, 1.82) is 0 Å². The van der Waals surface area contributed by atoms with E-state index in [1.54, 1.807) is 0 Å². The van der Waals surface area contributed by atoms with E-state index in [1.807, 2.05) is 0 Å². The minimum Gasteiger partial charge on any atom is -0.322 e. The van der Waals surface area contributed by atoms with Crippen LogP contribution in [0.1, 0.15) is 0 Å². The van der Waals surface area contributed by atoms with Gasteiger partial charge >= 0.3 is 0 Å². The maximum absolute atomic E-state index is 10.3. The van der Waals surface area contributed by atoms with E-state index in [4.69, 9.17) is 11.7 Å². The Hall–Kier alpha value is -2.22. The predicted octanol–water partition coefficient (Wildman–Crippen LogP) is -0.428. The van der Waals surface area contributed by atoms with Gasteiger partial charge in [0.25, 0.3) is 5.69 Å². The van der Waals surface area contributed by atoms with E-state index in [2.05, 4.69) is 10.1 Å². The van der Waals surface area contributed by atoms with Gasteiger partial charge in [0.1, 0.15) is 18.4 Å². The molecule has 0 unspecified atom stereocenters. The molecule has 0 radical (unpaired) electrons. The Morgan fingerprint density at radius 3 is 2.79 bits per heavy atom. The van der Waals surface area contributed by atoms with Gasteiger partial charge < -0.3 is 5.84 Å². The fourth-order valence-corrected chi connectivity index (χ4v) is 0.770. The summed E-state index contributed by atoms with van der Waals surface area (Å²) in [7, 11) is 0. The Balaban J connectivity index is 2.88. The van der Waals surface area contributed by atoms with Gasteiger partial charge in [-0.15, -0.1) is 0 Å². The Bertz CT molecular complexity index is 348. The number of aromatic nitrogens is 1. The predicted molar refractivity (Wildman–Crippen MR) is 50.2 cm³/mol. The van der Waals surface area contributed by atoms with E-state index < -0.39 is 4.92 Å². The normalized spacial score (nSPS) is 10.4. The second-order valence-corrected chi connectivity index (χ2v) is 2.30. The highest BCUT2D eigenvalue weighted by Crippen LogP contribution is 2.12. The molecule has 0 aliphatic carbocycles. The summed E-state index contributed by atoms with van der Waals surface area (Å²) in [6.07, 6.45) is 2.23. The van der Waals surface area contributed by atoms with Gasteiger partial charge in [0.15, 0.2) is 0 Å². The highest BCUT2D eigenvalue weighted by atomic mass is 16.6. The quantitative estimate of drug-likeness (QED) is 0.222. The number of rotatable bonds is 3. The number of nitrogens with zero attached hydrogens (tertiary/aromatic N) is 4. The lowest BCUT2D eigenvalue weighted by atomic mass is 10.4. The van der Waals surface area contributed by atoms with Crippen LogP contribution in [-0.4, -0.2) is 16.2 Å². The molecule has 0 bridgehead atoms. The largest absolute Gasteiger partial charge is 0.322 e. The third-order valence-electron chi connectivity index (χ3n) is 1.40. The van der Waals surface area contributed by atoms with Crippen LogP contribution in [0.2, 0.25) is 0 Å². The number of hydrogen-bond acceptors (Lipinski definition) is 6.